The number of benzene rings is 3. The van der Waals surface area contributed by atoms with Crippen molar-refractivity contribution in [3.63, 3.8) is 0 Å². The molecular formula is C25H13Cl3F3NO2. The molecule has 1 heterocycles. The molecule has 4 aliphatic rings. The molecule has 0 unspecified atom stereocenters. The van der Waals surface area contributed by atoms with E-state index in [0.717, 1.165) is 17.0 Å². The van der Waals surface area contributed by atoms with E-state index in [1.807, 2.05) is 0 Å². The van der Waals surface area contributed by atoms with Crippen LogP contribution in [-0.2, 0) is 25.5 Å². The minimum atomic E-state index is -4.69. The van der Waals surface area contributed by atoms with E-state index < -0.39 is 45.1 Å². The van der Waals surface area contributed by atoms with Crippen LogP contribution in [0.2, 0.25) is 5.02 Å². The van der Waals surface area contributed by atoms with Crippen molar-refractivity contribution in [1.82, 2.24) is 0 Å². The zero-order chi connectivity index (χ0) is 24.2. The van der Waals surface area contributed by atoms with Crippen LogP contribution >= 0.6 is 34.8 Å². The maximum absolute atomic E-state index is 13.8. The number of hydrogen-bond donors (Lipinski definition) is 0. The summed E-state index contributed by atoms with van der Waals surface area (Å²) in [6.07, 6.45) is -4.69. The molecule has 34 heavy (non-hydrogen) atoms. The standard InChI is InChI=1S/C25H13Cl3F3NO2/c26-17-10-9-12(25(29,30)31)11-18(17)32-21(33)19-20(22(32)34)24(28)14-6-2-1-5-13(14)23(19,27)15-7-3-4-8-16(15)24/h1-11,19-20H/t19-,20-,23?,24?/m0/s1. The van der Waals surface area contributed by atoms with E-state index in [9.17, 15) is 22.8 Å². The van der Waals surface area contributed by atoms with E-state index in [-0.39, 0.29) is 10.7 Å². The van der Waals surface area contributed by atoms with Gasteiger partial charge >= 0.3 is 6.18 Å². The lowest BCUT2D eigenvalue weighted by Crippen LogP contribution is -2.57. The minimum absolute atomic E-state index is 0.164. The Kier molecular flexibility index (Phi) is 4.38. The molecule has 1 fully saturated rings. The van der Waals surface area contributed by atoms with Crippen LogP contribution in [0, 0.1) is 11.8 Å². The van der Waals surface area contributed by atoms with Crippen molar-refractivity contribution in [2.75, 3.05) is 4.90 Å². The van der Waals surface area contributed by atoms with Crippen LogP contribution in [0.3, 0.4) is 0 Å². The van der Waals surface area contributed by atoms with E-state index >= 15 is 0 Å². The number of rotatable bonds is 1. The Hall–Kier alpha value is -2.54. The SMILES string of the molecule is O=C1[C@@H]2[C@@H](C(=O)N1c1cc(C(F)(F)F)ccc1Cl)C1(Cl)c3ccccc3C2(Cl)c2ccccc21. The average Bonchev–Trinajstić information content (AvgIpc) is 3.08. The van der Waals surface area contributed by atoms with E-state index in [1.54, 1.807) is 48.5 Å². The predicted octanol–water partition coefficient (Wildman–Crippen LogP) is 6.46. The van der Waals surface area contributed by atoms with E-state index in [4.69, 9.17) is 34.8 Å². The maximum atomic E-state index is 13.8. The monoisotopic (exact) mass is 521 g/mol. The number of halogens is 6. The smallest absolute Gasteiger partial charge is 0.274 e. The molecule has 3 aromatic carbocycles. The number of amides is 2. The lowest BCUT2D eigenvalue weighted by molar-refractivity contribution is -0.137. The van der Waals surface area contributed by atoms with Gasteiger partial charge in [0.25, 0.3) is 0 Å². The fraction of sp³-hybridized carbons (Fsp3) is 0.200. The summed E-state index contributed by atoms with van der Waals surface area (Å²) in [5, 5.41) is -0.164. The molecule has 3 aliphatic carbocycles. The third-order valence-corrected chi connectivity index (χ3v) is 8.70. The van der Waals surface area contributed by atoms with Crippen LogP contribution in [0.1, 0.15) is 27.8 Å². The highest BCUT2D eigenvalue weighted by Crippen LogP contribution is 2.69. The molecule has 2 atom stereocenters. The van der Waals surface area contributed by atoms with Crippen LogP contribution in [0.4, 0.5) is 18.9 Å². The molecule has 0 N–H and O–H groups in total. The largest absolute Gasteiger partial charge is 0.416 e. The first-order chi connectivity index (χ1) is 16.0. The van der Waals surface area contributed by atoms with Crippen molar-refractivity contribution >= 4 is 52.3 Å². The second-order valence-electron chi connectivity index (χ2n) is 8.65. The molecule has 1 aliphatic heterocycles. The number of hydrogen-bond acceptors (Lipinski definition) is 2. The van der Waals surface area contributed by atoms with Crippen LogP contribution in [0.25, 0.3) is 0 Å². The van der Waals surface area contributed by atoms with E-state index in [0.29, 0.717) is 28.3 Å². The van der Waals surface area contributed by atoms with Crippen molar-refractivity contribution < 1.29 is 22.8 Å². The third kappa shape index (κ3) is 2.46. The molecule has 0 spiro atoms. The number of carbonyl (C=O) groups is 2. The Morgan fingerprint density at radius 3 is 1.53 bits per heavy atom. The lowest BCUT2D eigenvalue weighted by Gasteiger charge is -2.54. The van der Waals surface area contributed by atoms with Gasteiger partial charge in [-0.3, -0.25) is 9.59 Å². The van der Waals surface area contributed by atoms with Gasteiger partial charge in [-0.05, 0) is 40.5 Å². The Bertz CT molecular complexity index is 1300. The van der Waals surface area contributed by atoms with Gasteiger partial charge in [-0.2, -0.15) is 13.2 Å². The first-order valence-corrected chi connectivity index (χ1v) is 11.5. The van der Waals surface area contributed by atoms with Gasteiger partial charge in [0.2, 0.25) is 11.8 Å². The molecule has 0 radical (unpaired) electrons. The Balaban J connectivity index is 1.62. The molecule has 1 saturated heterocycles. The first kappa shape index (κ1) is 22.0. The number of nitrogens with zero attached hydrogens (tertiary/aromatic N) is 1. The van der Waals surface area contributed by atoms with Crippen molar-refractivity contribution in [2.45, 2.75) is 15.9 Å². The van der Waals surface area contributed by atoms with Gasteiger partial charge < -0.3 is 0 Å². The van der Waals surface area contributed by atoms with E-state index in [1.165, 1.54) is 0 Å². The highest BCUT2D eigenvalue weighted by Gasteiger charge is 2.73. The quantitative estimate of drug-likeness (QED) is 0.272. The number of carbonyl (C=O) groups excluding carboxylic acids is 2. The molecule has 2 bridgehead atoms. The molecule has 3 nitrogen and oxygen atoms in total. The van der Waals surface area contributed by atoms with Gasteiger partial charge in [-0.15, -0.1) is 23.2 Å². The first-order valence-electron chi connectivity index (χ1n) is 10.3. The number of anilines is 1. The van der Waals surface area contributed by atoms with Crippen molar-refractivity contribution in [1.29, 1.82) is 0 Å². The van der Waals surface area contributed by atoms with Gasteiger partial charge in [-0.25, -0.2) is 4.90 Å². The molecule has 0 saturated carbocycles. The van der Waals surface area contributed by atoms with Gasteiger partial charge in [-0.1, -0.05) is 60.1 Å². The van der Waals surface area contributed by atoms with Crippen LogP contribution in [0.15, 0.2) is 66.7 Å². The van der Waals surface area contributed by atoms with Crippen LogP contribution in [0.5, 0.6) is 0 Å². The van der Waals surface area contributed by atoms with E-state index in [2.05, 4.69) is 0 Å². The second-order valence-corrected chi connectivity index (χ2v) is 10.2. The fourth-order valence-electron chi connectivity index (χ4n) is 5.76. The molecule has 0 aromatic heterocycles. The normalized spacial score (nSPS) is 29.2. The molecule has 9 heteroatoms. The summed E-state index contributed by atoms with van der Waals surface area (Å²) in [6, 6.07) is 16.7. The molecule has 3 aromatic rings. The van der Waals surface area contributed by atoms with Crippen LogP contribution in [-0.4, -0.2) is 11.8 Å². The molecule has 7 rings (SSSR count). The maximum Gasteiger partial charge on any atom is 0.416 e. The minimum Gasteiger partial charge on any atom is -0.274 e. The van der Waals surface area contributed by atoms with Gasteiger partial charge in [0.15, 0.2) is 0 Å². The summed E-state index contributed by atoms with van der Waals surface area (Å²) in [5.74, 6) is -3.73. The predicted molar refractivity (Wildman–Crippen MR) is 122 cm³/mol. The number of imide groups is 1. The molecule has 172 valence electrons. The summed E-state index contributed by atoms with van der Waals surface area (Å²) in [4.78, 5) is 25.6. The van der Waals surface area contributed by atoms with Crippen LogP contribution < -0.4 is 4.90 Å². The third-order valence-electron chi connectivity index (χ3n) is 7.10. The van der Waals surface area contributed by atoms with Gasteiger partial charge in [0.1, 0.15) is 9.75 Å². The van der Waals surface area contributed by atoms with Crippen molar-refractivity contribution in [2.24, 2.45) is 11.8 Å². The molecular weight excluding hydrogens is 510 g/mol. The molecule has 2 amide bonds. The van der Waals surface area contributed by atoms with Gasteiger partial charge in [0, 0.05) is 0 Å². The average molecular weight is 523 g/mol. The fourth-order valence-corrected chi connectivity index (χ4v) is 7.06. The zero-order valence-electron chi connectivity index (χ0n) is 17.0. The Morgan fingerprint density at radius 1 is 0.735 bits per heavy atom. The summed E-state index contributed by atoms with van der Waals surface area (Å²) in [5.41, 5.74) is 1.04. The summed E-state index contributed by atoms with van der Waals surface area (Å²) in [7, 11) is 0. The summed E-state index contributed by atoms with van der Waals surface area (Å²) in [6.45, 7) is 0. The van der Waals surface area contributed by atoms with Gasteiger partial charge in [0.05, 0.1) is 28.1 Å². The zero-order valence-corrected chi connectivity index (χ0v) is 19.3. The summed E-state index contributed by atoms with van der Waals surface area (Å²) < 4.78 is 40.3. The Morgan fingerprint density at radius 2 is 1.15 bits per heavy atom. The highest BCUT2D eigenvalue weighted by molar-refractivity contribution is 6.40. The second kappa shape index (κ2) is 6.78. The highest BCUT2D eigenvalue weighted by atomic mass is 35.5. The topological polar surface area (TPSA) is 37.4 Å². The number of alkyl halides is 5. The van der Waals surface area contributed by atoms with Crippen molar-refractivity contribution in [3.8, 4) is 0 Å². The lowest BCUT2D eigenvalue weighted by atomic mass is 9.54. The Labute approximate surface area is 207 Å². The van der Waals surface area contributed by atoms with Crippen molar-refractivity contribution in [3.05, 3.63) is 99.6 Å². The summed E-state index contributed by atoms with van der Waals surface area (Å²) >= 11 is 20.8.